The smallest absolute Gasteiger partial charge is 0.0935 e. The van der Waals surface area contributed by atoms with Gasteiger partial charge < -0.3 is 0 Å². The molecular weight excluding hydrogens is 564 g/mol. The molecule has 0 aliphatic rings. The average molecular weight is 587 g/mol. The fourth-order valence-corrected chi connectivity index (χ4v) is 8.08. The molecule has 40 heavy (non-hydrogen) atoms. The first-order valence-corrected chi connectivity index (χ1v) is 15.8. The second-order valence-corrected chi connectivity index (χ2v) is 13.4. The van der Waals surface area contributed by atoms with Crippen molar-refractivity contribution in [3.05, 3.63) is 144 Å². The van der Waals surface area contributed by atoms with Crippen molar-refractivity contribution in [3.8, 4) is 63.3 Å². The maximum atomic E-state index is 6.14. The number of hydrogen-bond donors (Lipinski definition) is 0. The van der Waals surface area contributed by atoms with Crippen molar-refractivity contribution in [2.75, 3.05) is 0 Å². The molecule has 0 amide bonds. The molecule has 0 saturated carbocycles. The monoisotopic (exact) mass is 586 g/mol. The van der Waals surface area contributed by atoms with Crippen LogP contribution >= 0.6 is 45.6 Å². The highest BCUT2D eigenvalue weighted by Crippen LogP contribution is 2.42. The van der Waals surface area contributed by atoms with Crippen molar-refractivity contribution in [2.45, 2.75) is 0 Å². The molecule has 3 aromatic heterocycles. The molecule has 0 unspecified atom stereocenters. The Morgan fingerprint density at radius 3 is 1.02 bits per heavy atom. The second kappa shape index (κ2) is 11.0. The molecule has 0 aliphatic carbocycles. The summed E-state index contributed by atoms with van der Waals surface area (Å²) in [6, 6.07) is 50.0. The first-order valence-electron chi connectivity index (χ1n) is 13.0. The first kappa shape index (κ1) is 25.3. The van der Waals surface area contributed by atoms with Crippen LogP contribution in [0.25, 0.3) is 63.3 Å². The normalized spacial score (nSPS) is 11.1. The van der Waals surface area contributed by atoms with Gasteiger partial charge in [-0.3, -0.25) is 0 Å². The van der Waals surface area contributed by atoms with Gasteiger partial charge in [0, 0.05) is 24.4 Å². The maximum Gasteiger partial charge on any atom is 0.0935 e. The van der Waals surface area contributed by atoms with E-state index >= 15 is 0 Å². The molecule has 0 nitrogen and oxygen atoms in total. The van der Waals surface area contributed by atoms with Crippen molar-refractivity contribution < 1.29 is 0 Å². The Hall–Kier alpha value is -3.73. The summed E-state index contributed by atoms with van der Waals surface area (Å²) < 4.78 is 0.830. The van der Waals surface area contributed by atoms with Gasteiger partial charge in [0.2, 0.25) is 0 Å². The van der Waals surface area contributed by atoms with Gasteiger partial charge in [-0.05, 0) is 75.3 Å². The Morgan fingerprint density at radius 1 is 0.275 bits per heavy atom. The molecule has 7 aromatic rings. The maximum absolute atomic E-state index is 6.14. The lowest BCUT2D eigenvalue weighted by molar-refractivity contribution is 1.57. The fourth-order valence-electron chi connectivity index (χ4n) is 4.84. The number of thiophene rings is 3. The van der Waals surface area contributed by atoms with Crippen LogP contribution in [0.2, 0.25) is 4.34 Å². The SMILES string of the molecule is Clc1ccc(-c2ccc(-c3ccc(-c4ccc(-c5ccc(-c6ccc(-c7ccccc7)cc6)cc5)cc4)s3)s2)s1. The molecule has 0 saturated heterocycles. The van der Waals surface area contributed by atoms with E-state index in [1.807, 2.05) is 28.7 Å². The third-order valence-corrected chi connectivity index (χ3v) is 10.8. The van der Waals surface area contributed by atoms with Crippen LogP contribution in [-0.4, -0.2) is 0 Å². The van der Waals surface area contributed by atoms with E-state index in [1.165, 1.54) is 63.3 Å². The van der Waals surface area contributed by atoms with Gasteiger partial charge in [0.15, 0.2) is 0 Å². The lowest BCUT2D eigenvalue weighted by Crippen LogP contribution is -1.82. The number of halogens is 1. The summed E-state index contributed by atoms with van der Waals surface area (Å²) in [5.74, 6) is 0. The van der Waals surface area contributed by atoms with E-state index in [1.54, 1.807) is 11.3 Å². The van der Waals surface area contributed by atoms with E-state index in [4.69, 9.17) is 11.6 Å². The minimum absolute atomic E-state index is 0.830. The van der Waals surface area contributed by atoms with Gasteiger partial charge in [-0.25, -0.2) is 0 Å². The van der Waals surface area contributed by atoms with Crippen molar-refractivity contribution in [1.29, 1.82) is 0 Å². The molecule has 7 rings (SSSR count). The minimum atomic E-state index is 0.830. The van der Waals surface area contributed by atoms with Gasteiger partial charge in [-0.15, -0.1) is 34.0 Å². The van der Waals surface area contributed by atoms with E-state index < -0.39 is 0 Å². The Morgan fingerprint density at radius 2 is 0.600 bits per heavy atom. The van der Waals surface area contributed by atoms with Gasteiger partial charge in [0.05, 0.1) is 4.34 Å². The summed E-state index contributed by atoms with van der Waals surface area (Å²) in [4.78, 5) is 6.36. The molecule has 4 heteroatoms. The highest BCUT2D eigenvalue weighted by atomic mass is 35.5. The third-order valence-electron chi connectivity index (χ3n) is 6.98. The first-order chi connectivity index (χ1) is 19.7. The predicted octanol–water partition coefficient (Wildman–Crippen LogP) is 12.5. The molecule has 0 aliphatic heterocycles. The molecule has 0 fully saturated rings. The number of benzene rings is 4. The lowest BCUT2D eigenvalue weighted by atomic mass is 9.97. The summed E-state index contributed by atoms with van der Waals surface area (Å²) in [6.07, 6.45) is 0. The quantitative estimate of drug-likeness (QED) is 0.182. The molecule has 3 heterocycles. The van der Waals surface area contributed by atoms with Crippen LogP contribution in [0, 0.1) is 0 Å². The molecule has 4 aromatic carbocycles. The van der Waals surface area contributed by atoms with E-state index in [0.717, 1.165) is 4.34 Å². The summed E-state index contributed by atoms with van der Waals surface area (Å²) in [5.41, 5.74) is 8.64. The largest absolute Gasteiger partial charge is 0.134 e. The van der Waals surface area contributed by atoms with Crippen LogP contribution in [0.4, 0.5) is 0 Å². The topological polar surface area (TPSA) is 0 Å². The third kappa shape index (κ3) is 5.22. The van der Waals surface area contributed by atoms with Crippen LogP contribution in [0.3, 0.4) is 0 Å². The van der Waals surface area contributed by atoms with Crippen molar-refractivity contribution >= 4 is 45.6 Å². The number of hydrogen-bond acceptors (Lipinski definition) is 3. The predicted molar refractivity (Wildman–Crippen MR) is 178 cm³/mol. The van der Waals surface area contributed by atoms with Crippen molar-refractivity contribution in [3.63, 3.8) is 0 Å². The number of rotatable bonds is 6. The molecular formula is C36H23ClS3. The molecule has 0 spiro atoms. The summed E-state index contributed by atoms with van der Waals surface area (Å²) in [6.45, 7) is 0. The lowest BCUT2D eigenvalue weighted by Gasteiger charge is -2.07. The van der Waals surface area contributed by atoms with Gasteiger partial charge in [-0.1, -0.05) is 115 Å². The Balaban J connectivity index is 1.05. The van der Waals surface area contributed by atoms with Crippen molar-refractivity contribution in [1.82, 2.24) is 0 Å². The molecule has 0 radical (unpaired) electrons. The second-order valence-electron chi connectivity index (χ2n) is 9.53. The van der Waals surface area contributed by atoms with Gasteiger partial charge in [0.1, 0.15) is 0 Å². The van der Waals surface area contributed by atoms with Crippen LogP contribution in [0.1, 0.15) is 0 Å². The van der Waals surface area contributed by atoms with Crippen LogP contribution < -0.4 is 0 Å². The van der Waals surface area contributed by atoms with Crippen LogP contribution in [0.15, 0.2) is 140 Å². The molecule has 0 N–H and O–H groups in total. The van der Waals surface area contributed by atoms with Gasteiger partial charge in [-0.2, -0.15) is 0 Å². The van der Waals surface area contributed by atoms with Gasteiger partial charge in [0.25, 0.3) is 0 Å². The Labute approximate surface area is 251 Å². The zero-order valence-electron chi connectivity index (χ0n) is 21.4. The zero-order valence-corrected chi connectivity index (χ0v) is 24.6. The standard InChI is InChI=1S/C36H23ClS3/c37-36-23-22-35(40-36)34-21-20-33(39-34)32-19-18-31(38-32)30-16-14-29(15-17-30)28-12-10-27(11-13-28)26-8-6-25(7-9-26)24-4-2-1-3-5-24/h1-23H. The molecule has 192 valence electrons. The Kier molecular flexibility index (Phi) is 6.97. The van der Waals surface area contributed by atoms with E-state index in [9.17, 15) is 0 Å². The summed E-state index contributed by atoms with van der Waals surface area (Å²) in [5, 5.41) is 0. The van der Waals surface area contributed by atoms with E-state index in [2.05, 4.69) is 133 Å². The molecule has 0 bridgehead atoms. The Bertz CT molecular complexity index is 1870. The highest BCUT2D eigenvalue weighted by Gasteiger charge is 2.11. The minimum Gasteiger partial charge on any atom is -0.134 e. The molecule has 0 atom stereocenters. The van der Waals surface area contributed by atoms with E-state index in [0.29, 0.717) is 0 Å². The zero-order chi connectivity index (χ0) is 26.9. The average Bonchev–Trinajstić information content (AvgIpc) is 3.79. The van der Waals surface area contributed by atoms with Crippen molar-refractivity contribution in [2.24, 2.45) is 0 Å². The highest BCUT2D eigenvalue weighted by molar-refractivity contribution is 7.28. The summed E-state index contributed by atoms with van der Waals surface area (Å²) >= 11 is 11.4. The van der Waals surface area contributed by atoms with E-state index in [-0.39, 0.29) is 0 Å². The van der Waals surface area contributed by atoms with Crippen LogP contribution in [0.5, 0.6) is 0 Å². The summed E-state index contributed by atoms with van der Waals surface area (Å²) in [7, 11) is 0. The van der Waals surface area contributed by atoms with Gasteiger partial charge >= 0.3 is 0 Å². The van der Waals surface area contributed by atoms with Crippen LogP contribution in [-0.2, 0) is 0 Å². The fraction of sp³-hybridized carbons (Fsp3) is 0.